The summed E-state index contributed by atoms with van der Waals surface area (Å²) < 4.78 is 63.2. The third-order valence-corrected chi connectivity index (χ3v) is 10.1. The molecule has 248 valence electrons. The molecule has 1 aliphatic rings. The number of fused-ring (bicyclic) bond motifs is 1. The van der Waals surface area contributed by atoms with Gasteiger partial charge in [-0.15, -0.1) is 0 Å². The maximum Gasteiger partial charge on any atom is 0.197 e. The van der Waals surface area contributed by atoms with Gasteiger partial charge in [-0.05, 0) is 76.1 Å². The Labute approximate surface area is 286 Å². The molecule has 10 nitrogen and oxygen atoms in total. The molecule has 0 radical (unpaired) electrons. The van der Waals surface area contributed by atoms with E-state index in [1.54, 1.807) is 37.6 Å². The predicted octanol–water partition coefficient (Wildman–Crippen LogP) is 7.27. The lowest BCUT2D eigenvalue weighted by atomic mass is 9.86. The van der Waals surface area contributed by atoms with Gasteiger partial charge in [-0.3, -0.25) is 0 Å². The van der Waals surface area contributed by atoms with Crippen LogP contribution < -0.4 is 14.8 Å². The van der Waals surface area contributed by atoms with Gasteiger partial charge in [0.15, 0.2) is 14.9 Å². The zero-order valence-electron chi connectivity index (χ0n) is 25.9. The number of benzene rings is 3. The number of rotatable bonds is 14. The summed E-state index contributed by atoms with van der Waals surface area (Å²) in [6, 6.07) is 20.4. The molecule has 0 bridgehead atoms. The molecule has 13 heteroatoms. The fourth-order valence-corrected chi connectivity index (χ4v) is 6.95. The number of hydrogen-bond donors (Lipinski definition) is 1. The quantitative estimate of drug-likeness (QED) is 0.117. The molecule has 0 spiro atoms. The van der Waals surface area contributed by atoms with Crippen molar-refractivity contribution >= 4 is 48.2 Å². The van der Waals surface area contributed by atoms with Crippen LogP contribution in [0.25, 0.3) is 10.9 Å². The lowest BCUT2D eigenvalue weighted by Crippen LogP contribution is -2.28. The van der Waals surface area contributed by atoms with E-state index in [2.05, 4.69) is 36.2 Å². The summed E-state index contributed by atoms with van der Waals surface area (Å²) in [6.45, 7) is 0.486. The SMILES string of the molecule is COc1cc2ncnc(Nc3ccc(OCc4cccc(F)c4)c(Br)c3)c2cc1C1(CCOCCS(=O)(=O)c2ccccn2)CC=CO1. The van der Waals surface area contributed by atoms with Crippen LogP contribution in [-0.4, -0.2) is 49.4 Å². The monoisotopic (exact) mass is 734 g/mol. The number of nitrogens with zero attached hydrogens (tertiary/aromatic N) is 3. The fraction of sp³-hybridized carbons (Fsp3) is 0.229. The maximum absolute atomic E-state index is 13.6. The molecule has 6 rings (SSSR count). The summed E-state index contributed by atoms with van der Waals surface area (Å²) in [4.78, 5) is 13.0. The Kier molecular flexibility index (Phi) is 10.2. The van der Waals surface area contributed by atoms with Crippen molar-refractivity contribution in [2.75, 3.05) is 31.4 Å². The molecule has 0 aliphatic carbocycles. The van der Waals surface area contributed by atoms with Crippen molar-refractivity contribution in [3.63, 3.8) is 0 Å². The molecule has 1 aliphatic heterocycles. The predicted molar refractivity (Wildman–Crippen MR) is 182 cm³/mol. The Balaban J connectivity index is 1.18. The number of anilines is 2. The van der Waals surface area contributed by atoms with Crippen LogP contribution in [0, 0.1) is 5.82 Å². The van der Waals surface area contributed by atoms with Gasteiger partial charge in [-0.2, -0.15) is 0 Å². The van der Waals surface area contributed by atoms with Gasteiger partial charge in [0.2, 0.25) is 0 Å². The van der Waals surface area contributed by atoms with Crippen molar-refractivity contribution in [1.82, 2.24) is 15.0 Å². The second kappa shape index (κ2) is 14.7. The average Bonchev–Trinajstić information content (AvgIpc) is 3.57. The molecule has 0 saturated heterocycles. The van der Waals surface area contributed by atoms with E-state index in [0.717, 1.165) is 22.2 Å². The first-order valence-electron chi connectivity index (χ1n) is 15.1. The molecule has 1 atom stereocenters. The normalized spacial score (nSPS) is 15.7. The van der Waals surface area contributed by atoms with Crippen LogP contribution in [0.3, 0.4) is 0 Å². The highest BCUT2D eigenvalue weighted by molar-refractivity contribution is 9.10. The van der Waals surface area contributed by atoms with E-state index in [9.17, 15) is 12.8 Å². The number of pyridine rings is 1. The van der Waals surface area contributed by atoms with Crippen LogP contribution in [0.2, 0.25) is 0 Å². The average molecular weight is 736 g/mol. The standard InChI is InChI=1S/C35H32BrFN4O6S/c1-44-32-21-30-27(20-28(32)35(11-5-14-47-35)12-15-45-16-17-48(42,43)33-8-2-3-13-38-33)34(40-23-39-30)41-26-9-10-31(29(36)19-26)46-22-24-6-4-7-25(37)18-24/h2-10,13-14,18-21,23H,11-12,15-17,22H2,1H3,(H,39,40,41). The highest BCUT2D eigenvalue weighted by atomic mass is 79.9. The lowest BCUT2D eigenvalue weighted by molar-refractivity contribution is 0.00120. The van der Waals surface area contributed by atoms with Gasteiger partial charge in [0.05, 0.1) is 42.3 Å². The van der Waals surface area contributed by atoms with Crippen molar-refractivity contribution < 1.29 is 31.8 Å². The first-order valence-corrected chi connectivity index (χ1v) is 17.5. The highest BCUT2D eigenvalue weighted by Crippen LogP contribution is 2.44. The van der Waals surface area contributed by atoms with Crippen LogP contribution in [0.4, 0.5) is 15.9 Å². The Morgan fingerprint density at radius 3 is 2.65 bits per heavy atom. The second-order valence-corrected chi connectivity index (χ2v) is 13.9. The molecule has 2 aromatic heterocycles. The second-order valence-electron chi connectivity index (χ2n) is 11.0. The summed E-state index contributed by atoms with van der Waals surface area (Å²) in [7, 11) is -1.96. The molecule has 48 heavy (non-hydrogen) atoms. The van der Waals surface area contributed by atoms with Crippen LogP contribution in [-0.2, 0) is 31.5 Å². The summed E-state index contributed by atoms with van der Waals surface area (Å²) in [5, 5.41) is 4.15. The minimum absolute atomic E-state index is 0.0172. The first-order chi connectivity index (χ1) is 23.3. The third-order valence-electron chi connectivity index (χ3n) is 7.87. The fourth-order valence-electron chi connectivity index (χ4n) is 5.41. The summed E-state index contributed by atoms with van der Waals surface area (Å²) in [5.74, 6) is 1.27. The lowest BCUT2D eigenvalue weighted by Gasteiger charge is -2.31. The molecule has 0 fully saturated rings. The van der Waals surface area contributed by atoms with E-state index in [1.807, 2.05) is 36.4 Å². The minimum Gasteiger partial charge on any atom is -0.496 e. The van der Waals surface area contributed by atoms with Gasteiger partial charge in [-0.1, -0.05) is 18.2 Å². The van der Waals surface area contributed by atoms with Crippen molar-refractivity contribution in [2.24, 2.45) is 0 Å². The van der Waals surface area contributed by atoms with Gasteiger partial charge in [0.25, 0.3) is 0 Å². The molecule has 3 heterocycles. The smallest absolute Gasteiger partial charge is 0.197 e. The van der Waals surface area contributed by atoms with Crippen LogP contribution in [0.1, 0.15) is 24.0 Å². The van der Waals surface area contributed by atoms with Gasteiger partial charge in [0.1, 0.15) is 41.7 Å². The number of sulfone groups is 1. The zero-order chi connectivity index (χ0) is 33.6. The Morgan fingerprint density at radius 2 is 1.90 bits per heavy atom. The number of hydrogen-bond acceptors (Lipinski definition) is 10. The number of aromatic nitrogens is 3. The van der Waals surface area contributed by atoms with Crippen LogP contribution in [0.5, 0.6) is 11.5 Å². The summed E-state index contributed by atoms with van der Waals surface area (Å²) >= 11 is 3.58. The van der Waals surface area contributed by atoms with E-state index in [1.165, 1.54) is 30.7 Å². The molecule has 5 aromatic rings. The minimum atomic E-state index is -3.56. The molecule has 0 saturated carbocycles. The van der Waals surface area contributed by atoms with Gasteiger partial charge >= 0.3 is 0 Å². The molecule has 1 N–H and O–H groups in total. The van der Waals surface area contributed by atoms with Crippen LogP contribution >= 0.6 is 15.9 Å². The number of ether oxygens (including phenoxy) is 4. The van der Waals surface area contributed by atoms with E-state index >= 15 is 0 Å². The van der Waals surface area contributed by atoms with Crippen molar-refractivity contribution in [2.45, 2.75) is 30.1 Å². The summed E-state index contributed by atoms with van der Waals surface area (Å²) in [5.41, 5.74) is 2.12. The van der Waals surface area contributed by atoms with Crippen molar-refractivity contribution in [3.8, 4) is 11.5 Å². The van der Waals surface area contributed by atoms with Crippen molar-refractivity contribution in [3.05, 3.63) is 119 Å². The van der Waals surface area contributed by atoms with E-state index in [4.69, 9.17) is 18.9 Å². The molecule has 3 aromatic carbocycles. The Morgan fingerprint density at radius 1 is 1.00 bits per heavy atom. The Bertz CT molecular complexity index is 2040. The van der Waals surface area contributed by atoms with E-state index < -0.39 is 15.4 Å². The highest BCUT2D eigenvalue weighted by Gasteiger charge is 2.38. The number of methoxy groups -OCH3 is 1. The maximum atomic E-state index is 13.6. The molecular weight excluding hydrogens is 703 g/mol. The molecular formula is C35H32BrFN4O6S. The van der Waals surface area contributed by atoms with Gasteiger partial charge in [-0.25, -0.2) is 27.8 Å². The van der Waals surface area contributed by atoms with Crippen molar-refractivity contribution in [1.29, 1.82) is 0 Å². The largest absolute Gasteiger partial charge is 0.496 e. The molecule has 1 unspecified atom stereocenters. The zero-order valence-corrected chi connectivity index (χ0v) is 28.3. The Hall–Kier alpha value is -4.59. The van der Waals surface area contributed by atoms with Crippen LogP contribution in [0.15, 0.2) is 107 Å². The topological polar surface area (TPSA) is 122 Å². The first kappa shape index (κ1) is 33.3. The van der Waals surface area contributed by atoms with Gasteiger partial charge < -0.3 is 24.3 Å². The number of halogens is 2. The van der Waals surface area contributed by atoms with E-state index in [0.29, 0.717) is 40.1 Å². The van der Waals surface area contributed by atoms with Gasteiger partial charge in [0, 0.05) is 41.7 Å². The number of nitrogens with one attached hydrogen (secondary N) is 1. The molecule has 0 amide bonds. The third kappa shape index (κ3) is 7.59. The van der Waals surface area contributed by atoms with E-state index in [-0.39, 0.29) is 36.4 Å². The summed E-state index contributed by atoms with van der Waals surface area (Å²) in [6.07, 6.45) is 7.52.